The van der Waals surface area contributed by atoms with Crippen LogP contribution in [-0.4, -0.2) is 55.6 Å². The van der Waals surface area contributed by atoms with Gasteiger partial charge in [-0.15, -0.1) is 0 Å². The Morgan fingerprint density at radius 2 is 2.06 bits per heavy atom. The van der Waals surface area contributed by atoms with Gasteiger partial charge in [0.2, 0.25) is 0 Å². The van der Waals surface area contributed by atoms with Crippen LogP contribution < -0.4 is 9.16 Å². The van der Waals surface area contributed by atoms with Gasteiger partial charge in [-0.05, 0) is 68.7 Å². The SMILES string of the molecule is CCCC(=O)OC1=CC[C@@]2(O)[C@H]3Cc4ccc(O[Si](C)(C)C(C)(C)C)c5c4[C@@]2(CCN3C)[C@H]1O5. The Morgan fingerprint density at radius 3 is 2.74 bits per heavy atom. The third-order valence-electron chi connectivity index (χ3n) is 9.20. The van der Waals surface area contributed by atoms with Gasteiger partial charge in [0.15, 0.2) is 11.9 Å². The summed E-state index contributed by atoms with van der Waals surface area (Å²) in [6.07, 6.45) is 4.43. The van der Waals surface area contributed by atoms with Gasteiger partial charge >= 0.3 is 5.97 Å². The van der Waals surface area contributed by atoms with E-state index >= 15 is 0 Å². The van der Waals surface area contributed by atoms with Crippen LogP contribution in [0, 0.1) is 0 Å². The van der Waals surface area contributed by atoms with E-state index < -0.39 is 25.4 Å². The number of benzene rings is 1. The zero-order valence-corrected chi connectivity index (χ0v) is 22.7. The number of aliphatic hydroxyl groups is 1. The molecule has 2 heterocycles. The summed E-state index contributed by atoms with van der Waals surface area (Å²) in [5.74, 6) is 1.81. The third kappa shape index (κ3) is 3.09. The Bertz CT molecular complexity index is 1060. The lowest BCUT2D eigenvalue weighted by molar-refractivity contribution is -0.169. The summed E-state index contributed by atoms with van der Waals surface area (Å²) >= 11 is 0. The summed E-state index contributed by atoms with van der Waals surface area (Å²) in [6, 6.07) is 4.21. The molecule has 1 spiro atoms. The summed E-state index contributed by atoms with van der Waals surface area (Å²) in [5.41, 5.74) is 0.662. The number of carbonyl (C=O) groups is 1. The molecule has 0 unspecified atom stereocenters. The van der Waals surface area contributed by atoms with E-state index in [1.165, 1.54) is 5.56 Å². The predicted molar refractivity (Wildman–Crippen MR) is 134 cm³/mol. The van der Waals surface area contributed by atoms with Crippen molar-refractivity contribution in [1.29, 1.82) is 0 Å². The van der Waals surface area contributed by atoms with Crippen molar-refractivity contribution < 1.29 is 23.8 Å². The third-order valence-corrected chi connectivity index (χ3v) is 13.5. The van der Waals surface area contributed by atoms with Crippen molar-refractivity contribution in [2.45, 2.75) is 101 Å². The molecule has 186 valence electrons. The van der Waals surface area contributed by atoms with Crippen LogP contribution in [0.3, 0.4) is 0 Å². The Labute approximate surface area is 204 Å². The topological polar surface area (TPSA) is 68.2 Å². The largest absolute Gasteiger partial charge is 0.541 e. The maximum absolute atomic E-state index is 12.5. The summed E-state index contributed by atoms with van der Waals surface area (Å²) in [4.78, 5) is 14.8. The van der Waals surface area contributed by atoms with Gasteiger partial charge in [-0.2, -0.15) is 0 Å². The smallest absolute Gasteiger partial charge is 0.310 e. The fourth-order valence-corrected chi connectivity index (χ4v) is 7.34. The van der Waals surface area contributed by atoms with E-state index in [1.807, 2.05) is 13.0 Å². The van der Waals surface area contributed by atoms with Gasteiger partial charge in [0.25, 0.3) is 8.32 Å². The molecule has 5 rings (SSSR count). The molecule has 1 N–H and O–H groups in total. The fourth-order valence-electron chi connectivity index (χ4n) is 6.32. The minimum absolute atomic E-state index is 0.0119. The summed E-state index contributed by atoms with van der Waals surface area (Å²) in [5, 5.41) is 12.4. The molecule has 4 aliphatic rings. The maximum Gasteiger partial charge on any atom is 0.310 e. The number of carbonyl (C=O) groups excluding carboxylic acids is 1. The molecule has 0 amide bonds. The number of likely N-dealkylation sites (N-methyl/N-ethyl adjacent to an activating group) is 1. The lowest BCUT2D eigenvalue weighted by Gasteiger charge is -2.61. The molecular weight excluding hydrogens is 446 g/mol. The molecule has 1 saturated heterocycles. The first-order chi connectivity index (χ1) is 15.9. The van der Waals surface area contributed by atoms with Crippen LogP contribution in [0.2, 0.25) is 18.1 Å². The number of hydrogen-bond acceptors (Lipinski definition) is 6. The minimum Gasteiger partial charge on any atom is -0.541 e. The molecule has 7 heteroatoms. The molecule has 0 saturated carbocycles. The van der Waals surface area contributed by atoms with E-state index in [0.29, 0.717) is 18.6 Å². The van der Waals surface area contributed by atoms with Crippen LogP contribution in [0.15, 0.2) is 24.0 Å². The Morgan fingerprint density at radius 1 is 1.32 bits per heavy atom. The summed E-state index contributed by atoms with van der Waals surface area (Å²) in [7, 11) is -0.0232. The van der Waals surface area contributed by atoms with E-state index in [4.69, 9.17) is 13.9 Å². The average molecular weight is 486 g/mol. The maximum atomic E-state index is 12.5. The zero-order chi connectivity index (χ0) is 24.7. The van der Waals surface area contributed by atoms with Crippen molar-refractivity contribution in [2.24, 2.45) is 0 Å². The molecule has 2 bridgehead atoms. The van der Waals surface area contributed by atoms with Crippen molar-refractivity contribution in [3.63, 3.8) is 0 Å². The quantitative estimate of drug-likeness (QED) is 0.482. The van der Waals surface area contributed by atoms with Crippen molar-refractivity contribution in [2.75, 3.05) is 13.6 Å². The van der Waals surface area contributed by atoms with Crippen LogP contribution in [0.25, 0.3) is 0 Å². The Balaban J connectivity index is 1.66. The number of ether oxygens (including phenoxy) is 2. The molecule has 6 nitrogen and oxygen atoms in total. The Kier molecular flexibility index (Phi) is 5.33. The average Bonchev–Trinajstić information content (AvgIpc) is 3.09. The van der Waals surface area contributed by atoms with Crippen LogP contribution in [0.4, 0.5) is 0 Å². The first-order valence-electron chi connectivity index (χ1n) is 12.7. The number of likely N-dealkylation sites (tertiary alicyclic amines) is 1. The highest BCUT2D eigenvalue weighted by molar-refractivity contribution is 6.74. The van der Waals surface area contributed by atoms with Gasteiger partial charge in [-0.3, -0.25) is 4.79 Å². The summed E-state index contributed by atoms with van der Waals surface area (Å²) < 4.78 is 19.4. The first kappa shape index (κ1) is 23.9. The van der Waals surface area contributed by atoms with Crippen molar-refractivity contribution in [3.05, 3.63) is 35.1 Å². The second-order valence-corrected chi connectivity index (χ2v) is 16.9. The highest BCUT2D eigenvalue weighted by atomic mass is 28.4. The monoisotopic (exact) mass is 485 g/mol. The number of hydrogen-bond donors (Lipinski definition) is 1. The molecule has 0 radical (unpaired) electrons. The highest BCUT2D eigenvalue weighted by Gasteiger charge is 2.72. The highest BCUT2D eigenvalue weighted by Crippen LogP contribution is 2.65. The molecule has 2 aliphatic carbocycles. The zero-order valence-electron chi connectivity index (χ0n) is 21.7. The van der Waals surface area contributed by atoms with E-state index in [2.05, 4.69) is 57.9 Å². The number of esters is 1. The van der Waals surface area contributed by atoms with Crippen LogP contribution >= 0.6 is 0 Å². The Hall–Kier alpha value is -1.83. The van der Waals surface area contributed by atoms with Crippen LogP contribution in [-0.2, 0) is 21.4 Å². The molecule has 1 fully saturated rings. The second-order valence-electron chi connectivity index (χ2n) is 12.2. The van der Waals surface area contributed by atoms with Crippen molar-refractivity contribution >= 4 is 14.3 Å². The number of piperidine rings is 1. The van der Waals surface area contributed by atoms with Crippen LogP contribution in [0.1, 0.15) is 64.5 Å². The van der Waals surface area contributed by atoms with Gasteiger partial charge in [0, 0.05) is 24.4 Å². The molecule has 2 aliphatic heterocycles. The van der Waals surface area contributed by atoms with E-state index in [9.17, 15) is 9.90 Å². The van der Waals surface area contributed by atoms with E-state index in [1.54, 1.807) is 0 Å². The molecular formula is C27H39NO5Si. The first-order valence-corrected chi connectivity index (χ1v) is 15.6. The van der Waals surface area contributed by atoms with E-state index in [-0.39, 0.29) is 17.0 Å². The lowest BCUT2D eigenvalue weighted by Crippen LogP contribution is -2.74. The molecule has 1 aromatic rings. The summed E-state index contributed by atoms with van der Waals surface area (Å²) in [6.45, 7) is 14.0. The molecule has 34 heavy (non-hydrogen) atoms. The van der Waals surface area contributed by atoms with Crippen molar-refractivity contribution in [3.8, 4) is 11.5 Å². The normalized spacial score (nSPS) is 31.9. The van der Waals surface area contributed by atoms with Crippen molar-refractivity contribution in [1.82, 2.24) is 4.90 Å². The number of nitrogens with zero attached hydrogens (tertiary/aromatic N) is 1. The van der Waals surface area contributed by atoms with Crippen LogP contribution in [0.5, 0.6) is 11.5 Å². The fraction of sp³-hybridized carbons (Fsp3) is 0.667. The standard InChI is InChI=1S/C27H39NO5Si/c1-8-9-21(29)31-19-12-13-27(30)20-16-17-10-11-18(33-34(6,7)25(2,3)4)23-22(17)26(27,24(19)32-23)14-15-28(20)5/h10-12,20,24,30H,8-9,13-16H2,1-7H3/t20-,24+,26+,27-/m1/s1. The van der Waals surface area contributed by atoms with Gasteiger partial charge in [-0.25, -0.2) is 0 Å². The lowest BCUT2D eigenvalue weighted by atomic mass is 9.50. The molecule has 4 atom stereocenters. The van der Waals surface area contributed by atoms with Gasteiger partial charge in [-0.1, -0.05) is 33.8 Å². The number of rotatable bonds is 5. The van der Waals surface area contributed by atoms with Gasteiger partial charge < -0.3 is 23.9 Å². The second kappa shape index (κ2) is 7.58. The van der Waals surface area contributed by atoms with Gasteiger partial charge in [0.05, 0.1) is 11.0 Å². The predicted octanol–water partition coefficient (Wildman–Crippen LogP) is 4.69. The molecule has 0 aromatic heterocycles. The minimum atomic E-state index is -2.12. The van der Waals surface area contributed by atoms with Gasteiger partial charge in [0.1, 0.15) is 11.5 Å². The molecule has 1 aromatic carbocycles. The van der Waals surface area contributed by atoms with E-state index in [0.717, 1.165) is 42.9 Å².